The van der Waals surface area contributed by atoms with E-state index in [0.29, 0.717) is 17.8 Å². The maximum absolute atomic E-state index is 12.2. The summed E-state index contributed by atoms with van der Waals surface area (Å²) < 4.78 is 2.24. The largest absolute Gasteiger partial charge is 0.397 e. The molecule has 1 aliphatic carbocycles. The van der Waals surface area contributed by atoms with Crippen molar-refractivity contribution in [1.29, 1.82) is 0 Å². The molecule has 1 aromatic carbocycles. The lowest BCUT2D eigenvalue weighted by atomic mass is 10.1. The van der Waals surface area contributed by atoms with E-state index in [-0.39, 0.29) is 5.43 Å². The van der Waals surface area contributed by atoms with E-state index >= 15 is 0 Å². The third-order valence-corrected chi connectivity index (χ3v) is 4.72. The Morgan fingerprint density at radius 2 is 2.14 bits per heavy atom. The van der Waals surface area contributed by atoms with Crippen molar-refractivity contribution in [3.05, 3.63) is 34.6 Å². The third kappa shape index (κ3) is 2.25. The Hall–Kier alpha value is -2.01. The summed E-state index contributed by atoms with van der Waals surface area (Å²) in [6.45, 7) is 5.03. The van der Waals surface area contributed by atoms with Gasteiger partial charge in [0, 0.05) is 49.4 Å². The molecule has 0 bridgehead atoms. The van der Waals surface area contributed by atoms with Crippen LogP contribution in [0.2, 0.25) is 0 Å². The van der Waals surface area contributed by atoms with Gasteiger partial charge in [0.05, 0.1) is 16.9 Å². The Morgan fingerprint density at radius 3 is 2.86 bits per heavy atom. The Kier molecular flexibility index (Phi) is 3.11. The number of fused-ring (bicyclic) bond motifs is 1. The number of rotatable bonds is 2. The normalized spacial score (nSPS) is 22.2. The van der Waals surface area contributed by atoms with Crippen molar-refractivity contribution in [2.24, 2.45) is 0 Å². The zero-order valence-corrected chi connectivity index (χ0v) is 12.9. The van der Waals surface area contributed by atoms with Gasteiger partial charge in [0.2, 0.25) is 0 Å². The molecule has 0 radical (unpaired) electrons. The van der Waals surface area contributed by atoms with E-state index < -0.39 is 0 Å². The maximum atomic E-state index is 12.2. The maximum Gasteiger partial charge on any atom is 0.189 e. The first-order valence-corrected chi connectivity index (χ1v) is 8.06. The molecule has 1 saturated heterocycles. The number of nitrogens with two attached hydrogens (primary N) is 1. The van der Waals surface area contributed by atoms with E-state index in [1.807, 2.05) is 12.3 Å². The fraction of sp³-hybridized carbons (Fsp3) is 0.471. The molecular formula is C17H22N4O. The molecule has 1 aliphatic heterocycles. The van der Waals surface area contributed by atoms with Gasteiger partial charge in [-0.3, -0.25) is 4.79 Å². The minimum absolute atomic E-state index is 0.0545. The summed E-state index contributed by atoms with van der Waals surface area (Å²) in [5, 5.41) is 4.18. The van der Waals surface area contributed by atoms with Gasteiger partial charge in [0.1, 0.15) is 0 Å². The van der Waals surface area contributed by atoms with Crippen LogP contribution in [-0.4, -0.2) is 30.2 Å². The fourth-order valence-electron chi connectivity index (χ4n) is 3.42. The second-order valence-electron chi connectivity index (χ2n) is 6.55. The Bertz CT molecular complexity index is 778. The molecule has 1 saturated carbocycles. The lowest BCUT2D eigenvalue weighted by Gasteiger charge is -2.34. The first kappa shape index (κ1) is 13.6. The van der Waals surface area contributed by atoms with Gasteiger partial charge < -0.3 is 20.5 Å². The molecule has 5 heteroatoms. The topological polar surface area (TPSA) is 63.3 Å². The molecule has 22 heavy (non-hydrogen) atoms. The van der Waals surface area contributed by atoms with Crippen LogP contribution in [-0.2, 0) is 0 Å². The number of nitrogen functional groups attached to an aromatic ring is 1. The number of hydrogen-bond donors (Lipinski definition) is 2. The van der Waals surface area contributed by atoms with E-state index in [0.717, 1.165) is 36.2 Å². The second-order valence-corrected chi connectivity index (χ2v) is 6.55. The number of pyridine rings is 1. The zero-order chi connectivity index (χ0) is 15.3. The van der Waals surface area contributed by atoms with Crippen LogP contribution in [0.3, 0.4) is 0 Å². The van der Waals surface area contributed by atoms with Gasteiger partial charge in [0.15, 0.2) is 5.43 Å². The van der Waals surface area contributed by atoms with Crippen LogP contribution in [0.5, 0.6) is 0 Å². The van der Waals surface area contributed by atoms with E-state index in [2.05, 4.69) is 27.8 Å². The number of hydrogen-bond acceptors (Lipinski definition) is 4. The van der Waals surface area contributed by atoms with Gasteiger partial charge in [-0.25, -0.2) is 0 Å². The predicted octanol–water partition coefficient (Wildman–Crippen LogP) is 1.72. The number of piperazine rings is 1. The highest BCUT2D eigenvalue weighted by molar-refractivity contribution is 5.89. The van der Waals surface area contributed by atoms with Gasteiger partial charge in [-0.1, -0.05) is 0 Å². The van der Waals surface area contributed by atoms with Crippen molar-refractivity contribution >= 4 is 22.3 Å². The van der Waals surface area contributed by atoms with Crippen molar-refractivity contribution in [1.82, 2.24) is 9.88 Å². The van der Waals surface area contributed by atoms with E-state index in [1.54, 1.807) is 6.07 Å². The SMILES string of the molecule is CC1CN(c2cc3c(cc2N)c(=O)ccn3C2CC2)CCN1. The smallest absolute Gasteiger partial charge is 0.189 e. The minimum atomic E-state index is 0.0545. The Morgan fingerprint density at radius 1 is 1.32 bits per heavy atom. The summed E-state index contributed by atoms with van der Waals surface area (Å²) in [6, 6.07) is 6.62. The Balaban J connectivity index is 1.87. The molecule has 0 amide bonds. The van der Waals surface area contributed by atoms with Crippen LogP contribution in [0.15, 0.2) is 29.2 Å². The molecule has 116 valence electrons. The molecular weight excluding hydrogens is 276 g/mol. The summed E-state index contributed by atoms with van der Waals surface area (Å²) >= 11 is 0. The molecule has 0 spiro atoms. The van der Waals surface area contributed by atoms with Crippen molar-refractivity contribution in [3.8, 4) is 0 Å². The average Bonchev–Trinajstić information content (AvgIpc) is 3.32. The van der Waals surface area contributed by atoms with Crippen molar-refractivity contribution < 1.29 is 0 Å². The molecule has 2 heterocycles. The highest BCUT2D eigenvalue weighted by Crippen LogP contribution is 2.38. The minimum Gasteiger partial charge on any atom is -0.397 e. The van der Waals surface area contributed by atoms with Crippen molar-refractivity contribution in [3.63, 3.8) is 0 Å². The third-order valence-electron chi connectivity index (χ3n) is 4.72. The molecule has 1 aromatic heterocycles. The van der Waals surface area contributed by atoms with Gasteiger partial charge in [0.25, 0.3) is 0 Å². The zero-order valence-electron chi connectivity index (χ0n) is 12.9. The van der Waals surface area contributed by atoms with Crippen molar-refractivity contribution in [2.45, 2.75) is 31.8 Å². The summed E-state index contributed by atoms with van der Waals surface area (Å²) in [6.07, 6.45) is 4.33. The molecule has 3 N–H and O–H groups in total. The number of nitrogens with one attached hydrogen (secondary N) is 1. The summed E-state index contributed by atoms with van der Waals surface area (Å²) in [5.74, 6) is 0. The number of benzene rings is 1. The quantitative estimate of drug-likeness (QED) is 0.829. The van der Waals surface area contributed by atoms with Crippen molar-refractivity contribution in [2.75, 3.05) is 30.3 Å². The lowest BCUT2D eigenvalue weighted by Crippen LogP contribution is -2.49. The summed E-state index contributed by atoms with van der Waals surface area (Å²) in [7, 11) is 0. The second kappa shape index (κ2) is 5.02. The molecule has 1 unspecified atom stereocenters. The number of anilines is 2. The van der Waals surface area contributed by atoms with E-state index in [1.165, 1.54) is 12.8 Å². The lowest BCUT2D eigenvalue weighted by molar-refractivity contribution is 0.485. The van der Waals surface area contributed by atoms with Gasteiger partial charge in [-0.15, -0.1) is 0 Å². The monoisotopic (exact) mass is 298 g/mol. The average molecular weight is 298 g/mol. The van der Waals surface area contributed by atoms with Gasteiger partial charge in [-0.05, 0) is 31.9 Å². The van der Waals surface area contributed by atoms with Crippen LogP contribution in [0, 0.1) is 0 Å². The Labute approximate surface area is 129 Å². The fourth-order valence-corrected chi connectivity index (χ4v) is 3.42. The number of nitrogens with zero attached hydrogens (tertiary/aromatic N) is 2. The predicted molar refractivity (Wildman–Crippen MR) is 90.6 cm³/mol. The molecule has 2 aliphatic rings. The first-order chi connectivity index (χ1) is 10.6. The van der Waals surface area contributed by atoms with Crippen LogP contribution in [0.25, 0.3) is 10.9 Å². The molecule has 5 nitrogen and oxygen atoms in total. The van der Waals surface area contributed by atoms with Gasteiger partial charge in [-0.2, -0.15) is 0 Å². The van der Waals surface area contributed by atoms with Crippen LogP contribution in [0.4, 0.5) is 11.4 Å². The van der Waals surface area contributed by atoms with Crippen LogP contribution in [0.1, 0.15) is 25.8 Å². The first-order valence-electron chi connectivity index (χ1n) is 8.06. The molecule has 1 atom stereocenters. The number of aromatic nitrogens is 1. The summed E-state index contributed by atoms with van der Waals surface area (Å²) in [5.41, 5.74) is 9.09. The van der Waals surface area contributed by atoms with Crippen LogP contribution >= 0.6 is 0 Å². The molecule has 2 fully saturated rings. The van der Waals surface area contributed by atoms with E-state index in [4.69, 9.17) is 5.73 Å². The molecule has 2 aromatic rings. The highest BCUT2D eigenvalue weighted by Gasteiger charge is 2.25. The van der Waals surface area contributed by atoms with Crippen LogP contribution < -0.4 is 21.4 Å². The summed E-state index contributed by atoms with van der Waals surface area (Å²) in [4.78, 5) is 14.5. The highest BCUT2D eigenvalue weighted by atomic mass is 16.1. The molecule has 4 rings (SSSR count). The van der Waals surface area contributed by atoms with Gasteiger partial charge >= 0.3 is 0 Å². The van der Waals surface area contributed by atoms with E-state index in [9.17, 15) is 4.79 Å². The standard InChI is InChI=1S/C17H22N4O/c1-11-10-20(7-5-19-11)16-9-15-13(8-14(16)18)17(22)4-6-21(15)12-2-3-12/h4,6,8-9,11-12,19H,2-3,5,7,10,18H2,1H3.